The standard InChI is InChI=1S/C25H19N5O4/c31-19-13-5-1-3-7-15(13)26-18-21-27-12-28-22-25(34-21,11-17(20(27)32)29(18)19)14-6-2-4-8-16(14)30(22)23(33)24(28)9-10-24/h1-8,17,21-22H,9-12H2/t17-,21-,22+,25+/m0/s1. The number of nitrogens with zero attached hydrogens (tertiary/aromatic N) is 5. The van der Waals surface area contributed by atoms with Crippen molar-refractivity contribution in [3.63, 3.8) is 0 Å². The summed E-state index contributed by atoms with van der Waals surface area (Å²) in [4.78, 5) is 51.9. The number of hydrogen-bond donors (Lipinski definition) is 0. The highest BCUT2D eigenvalue weighted by molar-refractivity contribution is 6.07. The molecule has 6 aliphatic heterocycles. The average molecular weight is 453 g/mol. The van der Waals surface area contributed by atoms with Crippen LogP contribution in [0, 0.1) is 0 Å². The lowest BCUT2D eigenvalue weighted by Gasteiger charge is -2.42. The van der Waals surface area contributed by atoms with Crippen LogP contribution < -0.4 is 10.5 Å². The van der Waals surface area contributed by atoms with Crippen molar-refractivity contribution in [2.45, 2.75) is 48.8 Å². The molecule has 34 heavy (non-hydrogen) atoms. The summed E-state index contributed by atoms with van der Waals surface area (Å²) >= 11 is 0. The molecule has 4 atom stereocenters. The summed E-state index contributed by atoms with van der Waals surface area (Å²) in [5.41, 5.74) is 0.641. The van der Waals surface area contributed by atoms with Crippen molar-refractivity contribution in [1.29, 1.82) is 0 Å². The molecule has 1 saturated carbocycles. The van der Waals surface area contributed by atoms with Gasteiger partial charge in [-0.25, -0.2) is 9.88 Å². The molecule has 0 N–H and O–H groups in total. The van der Waals surface area contributed by atoms with Gasteiger partial charge in [-0.15, -0.1) is 0 Å². The highest BCUT2D eigenvalue weighted by Crippen LogP contribution is 2.65. The van der Waals surface area contributed by atoms with E-state index >= 15 is 0 Å². The van der Waals surface area contributed by atoms with Crippen LogP contribution in [0.3, 0.4) is 0 Å². The van der Waals surface area contributed by atoms with Crippen LogP contribution in [0.5, 0.6) is 0 Å². The maximum absolute atomic E-state index is 13.9. The normalized spacial score (nSPS) is 33.4. The van der Waals surface area contributed by atoms with Crippen molar-refractivity contribution in [2.24, 2.45) is 0 Å². The minimum Gasteiger partial charge on any atom is -0.336 e. The molecule has 1 aliphatic carbocycles. The topological polar surface area (TPSA) is 88.0 Å². The summed E-state index contributed by atoms with van der Waals surface area (Å²) in [7, 11) is 0. The van der Waals surface area contributed by atoms with Gasteiger partial charge in [-0.1, -0.05) is 30.3 Å². The molecule has 0 unspecified atom stereocenters. The molecule has 7 heterocycles. The summed E-state index contributed by atoms with van der Waals surface area (Å²) in [5, 5.41) is 0.493. The lowest BCUT2D eigenvalue weighted by atomic mass is 9.85. The first-order valence-electron chi connectivity index (χ1n) is 11.7. The second-order valence-electron chi connectivity index (χ2n) is 10.3. The van der Waals surface area contributed by atoms with Crippen LogP contribution in [0.1, 0.15) is 42.9 Å². The molecule has 0 radical (unpaired) electrons. The van der Waals surface area contributed by atoms with Crippen molar-refractivity contribution in [2.75, 3.05) is 11.6 Å². The van der Waals surface area contributed by atoms with Gasteiger partial charge >= 0.3 is 0 Å². The SMILES string of the molecule is O=C1[C@@H]2C[C@]34O[C@@H](c5nc6ccccc6c(=O)n52)N1CN1[C@@H]3N(C(=O)C12CC2)c1ccccc14. The van der Waals surface area contributed by atoms with E-state index in [0.717, 1.165) is 24.1 Å². The minimum absolute atomic E-state index is 0.0949. The number of para-hydroxylation sites is 2. The van der Waals surface area contributed by atoms with Crippen molar-refractivity contribution in [3.8, 4) is 0 Å². The lowest BCUT2D eigenvalue weighted by molar-refractivity contribution is -0.162. The highest BCUT2D eigenvalue weighted by atomic mass is 16.5. The first-order chi connectivity index (χ1) is 16.6. The van der Waals surface area contributed by atoms with Crippen molar-refractivity contribution < 1.29 is 14.3 Å². The molecule has 1 aromatic heterocycles. The van der Waals surface area contributed by atoms with E-state index in [1.165, 1.54) is 0 Å². The smallest absolute Gasteiger partial charge is 0.262 e. The zero-order valence-corrected chi connectivity index (χ0v) is 18.0. The van der Waals surface area contributed by atoms with Gasteiger partial charge in [-0.05, 0) is 31.0 Å². The Bertz CT molecular complexity index is 1580. The van der Waals surface area contributed by atoms with Crippen molar-refractivity contribution >= 4 is 28.4 Å². The van der Waals surface area contributed by atoms with E-state index in [-0.39, 0.29) is 36.6 Å². The van der Waals surface area contributed by atoms with Gasteiger partial charge in [-0.2, -0.15) is 0 Å². The Kier molecular flexibility index (Phi) is 2.75. The van der Waals surface area contributed by atoms with Crippen molar-refractivity contribution in [3.05, 3.63) is 70.3 Å². The van der Waals surface area contributed by atoms with Gasteiger partial charge in [0.1, 0.15) is 23.3 Å². The number of ether oxygens (including phenoxy) is 1. The zero-order chi connectivity index (χ0) is 22.6. The monoisotopic (exact) mass is 453 g/mol. The van der Waals surface area contributed by atoms with E-state index in [4.69, 9.17) is 9.72 Å². The van der Waals surface area contributed by atoms with Crippen LogP contribution in [0.25, 0.3) is 10.9 Å². The largest absolute Gasteiger partial charge is 0.336 e. The van der Waals surface area contributed by atoms with Crippen LogP contribution >= 0.6 is 0 Å². The first-order valence-corrected chi connectivity index (χ1v) is 11.7. The first kappa shape index (κ1) is 17.9. The number of aromatic nitrogens is 2. The summed E-state index contributed by atoms with van der Waals surface area (Å²) in [5.74, 6) is 0.425. The quantitative estimate of drug-likeness (QED) is 0.514. The third kappa shape index (κ3) is 1.66. The van der Waals surface area contributed by atoms with E-state index in [2.05, 4.69) is 4.90 Å². The number of carbonyl (C=O) groups is 2. The molecule has 3 saturated heterocycles. The van der Waals surface area contributed by atoms with Gasteiger partial charge in [-0.3, -0.25) is 28.8 Å². The van der Waals surface area contributed by atoms with Crippen LogP contribution in [0.2, 0.25) is 0 Å². The number of amides is 2. The summed E-state index contributed by atoms with van der Waals surface area (Å²) in [6.07, 6.45) is 0.706. The molecule has 9 heteroatoms. The summed E-state index contributed by atoms with van der Waals surface area (Å²) in [6.45, 7) is 0.283. The Hall–Kier alpha value is -3.56. The molecule has 9 nitrogen and oxygen atoms in total. The minimum atomic E-state index is -0.930. The summed E-state index contributed by atoms with van der Waals surface area (Å²) < 4.78 is 8.52. The number of carbonyl (C=O) groups excluding carboxylic acids is 2. The van der Waals surface area contributed by atoms with Gasteiger partial charge in [0.25, 0.3) is 5.56 Å². The molecule has 4 fully saturated rings. The maximum atomic E-state index is 13.9. The molecule has 7 aliphatic rings. The van der Waals surface area contributed by atoms with E-state index in [0.29, 0.717) is 16.7 Å². The van der Waals surface area contributed by atoms with Gasteiger partial charge in [0.2, 0.25) is 11.8 Å². The Morgan fingerprint density at radius 1 is 1.00 bits per heavy atom. The number of hydrogen-bond acceptors (Lipinski definition) is 6. The number of rotatable bonds is 0. The van der Waals surface area contributed by atoms with Gasteiger partial charge in [0.15, 0.2) is 12.1 Å². The highest BCUT2D eigenvalue weighted by Gasteiger charge is 2.76. The zero-order valence-electron chi connectivity index (χ0n) is 18.0. The van der Waals surface area contributed by atoms with Gasteiger partial charge in [0.05, 0.1) is 23.3 Å². The fourth-order valence-corrected chi connectivity index (χ4v) is 7.22. The number of anilines is 1. The fourth-order valence-electron chi connectivity index (χ4n) is 7.22. The second kappa shape index (κ2) is 5.24. The van der Waals surface area contributed by atoms with Crippen LogP contribution in [0.15, 0.2) is 53.3 Å². The molecule has 4 bridgehead atoms. The predicted molar refractivity (Wildman–Crippen MR) is 118 cm³/mol. The maximum Gasteiger partial charge on any atom is 0.262 e. The molecular formula is C25H19N5O4. The van der Waals surface area contributed by atoms with Gasteiger partial charge in [0, 0.05) is 12.0 Å². The molecule has 2 amide bonds. The van der Waals surface area contributed by atoms with E-state index in [1.54, 1.807) is 15.5 Å². The Balaban J connectivity index is 1.38. The van der Waals surface area contributed by atoms with E-state index in [9.17, 15) is 14.4 Å². The van der Waals surface area contributed by atoms with E-state index < -0.39 is 23.4 Å². The average Bonchev–Trinajstić information content (AvgIpc) is 3.61. The summed E-state index contributed by atoms with van der Waals surface area (Å²) in [6, 6.07) is 14.4. The molecule has 2 spiro atoms. The third-order valence-electron chi connectivity index (χ3n) is 8.81. The van der Waals surface area contributed by atoms with Crippen LogP contribution in [0.4, 0.5) is 5.69 Å². The predicted octanol–water partition coefficient (Wildman–Crippen LogP) is 1.59. The molecule has 3 aromatic rings. The van der Waals surface area contributed by atoms with Crippen LogP contribution in [-0.2, 0) is 19.9 Å². The second-order valence-corrected chi connectivity index (χ2v) is 10.3. The molecular weight excluding hydrogens is 434 g/mol. The van der Waals surface area contributed by atoms with Gasteiger partial charge < -0.3 is 4.74 Å². The van der Waals surface area contributed by atoms with E-state index in [1.807, 2.05) is 47.4 Å². The Labute approximate surface area is 193 Å². The number of fused-ring (bicyclic) bond motifs is 4. The Morgan fingerprint density at radius 2 is 1.79 bits per heavy atom. The Morgan fingerprint density at radius 3 is 2.65 bits per heavy atom. The number of benzene rings is 2. The molecule has 168 valence electrons. The molecule has 10 rings (SSSR count). The molecule has 2 aromatic carbocycles. The lowest BCUT2D eigenvalue weighted by Crippen LogP contribution is -2.58. The fraction of sp³-hybridized carbons (Fsp3) is 0.360. The van der Waals surface area contributed by atoms with Crippen LogP contribution in [-0.4, -0.2) is 49.5 Å². The third-order valence-corrected chi connectivity index (χ3v) is 8.81. The van der Waals surface area contributed by atoms with Crippen molar-refractivity contribution in [1.82, 2.24) is 19.4 Å².